The van der Waals surface area contributed by atoms with Gasteiger partial charge in [0.05, 0.1) is 11.7 Å². The van der Waals surface area contributed by atoms with E-state index >= 15 is 0 Å². The molecule has 0 spiro atoms. The summed E-state index contributed by atoms with van der Waals surface area (Å²) in [6, 6.07) is 12.6. The molecular formula is C29H34N8O2. The molecule has 1 aromatic carbocycles. The van der Waals surface area contributed by atoms with Crippen molar-refractivity contribution in [3.8, 4) is 0 Å². The Kier molecular flexibility index (Phi) is 7.21. The van der Waals surface area contributed by atoms with E-state index in [1.54, 1.807) is 42.7 Å². The minimum Gasteiger partial charge on any atom is -0.382 e. The molecule has 2 amide bonds. The number of benzene rings is 1. The molecule has 1 unspecified atom stereocenters. The van der Waals surface area contributed by atoms with E-state index in [1.165, 1.54) is 0 Å². The second-order valence-corrected chi connectivity index (χ2v) is 10.3. The number of nitrogens with two attached hydrogens (primary N) is 1. The maximum Gasteiger partial charge on any atom is 0.256 e. The first kappa shape index (κ1) is 26.2. The Morgan fingerprint density at radius 2 is 2.03 bits per heavy atom. The van der Waals surface area contributed by atoms with Gasteiger partial charge < -0.3 is 31.1 Å². The first-order valence-electron chi connectivity index (χ1n) is 13.0. The fourth-order valence-corrected chi connectivity index (χ4v) is 5.39. The van der Waals surface area contributed by atoms with Crippen LogP contribution in [0.2, 0.25) is 0 Å². The molecule has 4 N–H and O–H groups in total. The summed E-state index contributed by atoms with van der Waals surface area (Å²) in [6.45, 7) is 3.49. The fraction of sp³-hybridized carbons (Fsp3) is 0.310. The van der Waals surface area contributed by atoms with Crippen molar-refractivity contribution in [2.24, 2.45) is 10.7 Å². The minimum atomic E-state index is -0.641. The van der Waals surface area contributed by atoms with Gasteiger partial charge in [-0.05, 0) is 63.7 Å². The van der Waals surface area contributed by atoms with E-state index in [0.29, 0.717) is 30.3 Å². The Labute approximate surface area is 228 Å². The van der Waals surface area contributed by atoms with Crippen molar-refractivity contribution in [1.82, 2.24) is 25.0 Å². The van der Waals surface area contributed by atoms with Crippen LogP contribution in [0.5, 0.6) is 0 Å². The van der Waals surface area contributed by atoms with Crippen LogP contribution in [0, 0.1) is 0 Å². The number of amides is 2. The van der Waals surface area contributed by atoms with Gasteiger partial charge in [0.15, 0.2) is 0 Å². The molecule has 10 heteroatoms. The van der Waals surface area contributed by atoms with Gasteiger partial charge in [-0.2, -0.15) is 0 Å². The molecule has 3 aliphatic heterocycles. The Morgan fingerprint density at radius 3 is 2.74 bits per heavy atom. The van der Waals surface area contributed by atoms with Crippen LogP contribution in [0.1, 0.15) is 35.7 Å². The molecule has 10 nitrogen and oxygen atoms in total. The predicted octanol–water partition coefficient (Wildman–Crippen LogP) is 2.57. The number of anilines is 1. The molecule has 0 aliphatic carbocycles. The number of nitrogens with one attached hydrogen (secondary N) is 2. The first-order valence-corrected chi connectivity index (χ1v) is 13.0. The third-order valence-corrected chi connectivity index (χ3v) is 7.29. The van der Waals surface area contributed by atoms with Gasteiger partial charge in [0, 0.05) is 43.3 Å². The van der Waals surface area contributed by atoms with Crippen LogP contribution in [0.25, 0.3) is 5.70 Å². The number of likely N-dealkylation sites (N-methyl/N-ethyl adjacent to an activating group) is 1. The number of nitrogens with zero attached hydrogens (tertiary/aromatic N) is 5. The number of rotatable bonds is 7. The maximum absolute atomic E-state index is 13.2. The second-order valence-electron chi connectivity index (χ2n) is 10.3. The molecular weight excluding hydrogens is 492 g/mol. The van der Waals surface area contributed by atoms with Crippen LogP contribution in [0.15, 0.2) is 83.9 Å². The second kappa shape index (κ2) is 10.7. The largest absolute Gasteiger partial charge is 0.382 e. The molecule has 2 atom stereocenters. The summed E-state index contributed by atoms with van der Waals surface area (Å²) in [5.74, 6) is 0.643. The molecule has 1 aromatic heterocycles. The van der Waals surface area contributed by atoms with Crippen LogP contribution in [-0.4, -0.2) is 76.2 Å². The fourth-order valence-electron chi connectivity index (χ4n) is 5.39. The molecule has 0 saturated carbocycles. The molecule has 5 rings (SSSR count). The highest BCUT2D eigenvalue weighted by Gasteiger charge is 2.52. The normalized spacial score (nSPS) is 22.4. The van der Waals surface area contributed by atoms with Crippen molar-refractivity contribution in [3.63, 3.8) is 0 Å². The van der Waals surface area contributed by atoms with Crippen LogP contribution >= 0.6 is 0 Å². The number of fused-ring (bicyclic) bond motifs is 1. The smallest absolute Gasteiger partial charge is 0.256 e. The summed E-state index contributed by atoms with van der Waals surface area (Å²) >= 11 is 0. The summed E-state index contributed by atoms with van der Waals surface area (Å²) < 4.78 is 0. The van der Waals surface area contributed by atoms with Gasteiger partial charge >= 0.3 is 0 Å². The van der Waals surface area contributed by atoms with E-state index in [1.807, 2.05) is 54.4 Å². The number of carbonyl (C=O) groups excluding carboxylic acids is 2. The van der Waals surface area contributed by atoms with Gasteiger partial charge in [-0.15, -0.1) is 0 Å². The molecule has 39 heavy (non-hydrogen) atoms. The van der Waals surface area contributed by atoms with E-state index in [9.17, 15) is 9.59 Å². The number of hydrogen-bond acceptors (Lipinski definition) is 8. The lowest BCUT2D eigenvalue weighted by molar-refractivity contribution is -0.129. The van der Waals surface area contributed by atoms with Crippen LogP contribution in [0.3, 0.4) is 0 Å². The summed E-state index contributed by atoms with van der Waals surface area (Å²) in [5.41, 5.74) is 8.71. The summed E-state index contributed by atoms with van der Waals surface area (Å²) in [4.78, 5) is 40.5. The van der Waals surface area contributed by atoms with E-state index in [-0.39, 0.29) is 17.9 Å². The third kappa shape index (κ3) is 5.15. The molecule has 0 bridgehead atoms. The standard InChI is InChI=1S/C29H34N8O2/c1-29(22-8-6-18-36(22)24(38)10-7-17-35(2)3)34-25(26-27(30)32-16-19-37(26)29)20-11-13-21(14-12-20)28(39)33-23-9-4-5-15-31-23/h4-5,7,9-16,19,22,34H,6,8,17-18H2,1-3H3,(H2,30,32)(H,31,33,39)/b10-7+/t22-,29?/m0/s1. The van der Waals surface area contributed by atoms with Crippen molar-refractivity contribution in [3.05, 3.63) is 90.0 Å². The van der Waals surface area contributed by atoms with Gasteiger partial charge in [-0.1, -0.05) is 24.3 Å². The Balaban J connectivity index is 1.40. The predicted molar refractivity (Wildman–Crippen MR) is 152 cm³/mol. The molecule has 3 aliphatic rings. The molecule has 2 aromatic rings. The van der Waals surface area contributed by atoms with Crippen LogP contribution < -0.4 is 16.4 Å². The van der Waals surface area contributed by atoms with Gasteiger partial charge in [-0.25, -0.2) is 9.98 Å². The highest BCUT2D eigenvalue weighted by atomic mass is 16.2. The Bertz CT molecular complexity index is 1360. The highest BCUT2D eigenvalue weighted by molar-refractivity contribution is 6.06. The zero-order valence-electron chi connectivity index (χ0n) is 22.5. The lowest BCUT2D eigenvalue weighted by Gasteiger charge is -2.44. The summed E-state index contributed by atoms with van der Waals surface area (Å²) in [5, 5.41) is 6.51. The SMILES string of the molecule is CN(C)C/C=C/C(=O)N1CCC[C@H]1C1(C)NC(c2ccc(C(=O)Nc3ccccn3)cc2)=C2C(N)=NC=CN21. The Morgan fingerprint density at radius 1 is 1.23 bits per heavy atom. The van der Waals surface area contributed by atoms with Crippen molar-refractivity contribution in [1.29, 1.82) is 0 Å². The number of pyridine rings is 1. The van der Waals surface area contributed by atoms with E-state index in [2.05, 4.69) is 32.4 Å². The molecule has 202 valence electrons. The molecule has 1 saturated heterocycles. The lowest BCUT2D eigenvalue weighted by Crippen LogP contribution is -2.62. The number of likely N-dealkylation sites (tertiary alicyclic amines) is 1. The highest BCUT2D eigenvalue weighted by Crippen LogP contribution is 2.41. The monoisotopic (exact) mass is 526 g/mol. The van der Waals surface area contributed by atoms with E-state index < -0.39 is 5.66 Å². The van der Waals surface area contributed by atoms with Crippen LogP contribution in [0.4, 0.5) is 5.82 Å². The average molecular weight is 527 g/mol. The van der Waals surface area contributed by atoms with Crippen molar-refractivity contribution in [2.75, 3.05) is 32.5 Å². The first-order chi connectivity index (χ1) is 18.8. The number of carbonyl (C=O) groups is 2. The van der Waals surface area contributed by atoms with Gasteiger partial charge in [0.2, 0.25) is 5.91 Å². The summed E-state index contributed by atoms with van der Waals surface area (Å²) in [7, 11) is 3.94. The number of amidine groups is 1. The van der Waals surface area contributed by atoms with Gasteiger partial charge in [0.1, 0.15) is 23.0 Å². The quantitative estimate of drug-likeness (QED) is 0.475. The molecule has 4 heterocycles. The van der Waals surface area contributed by atoms with Crippen LogP contribution in [-0.2, 0) is 4.79 Å². The molecule has 0 radical (unpaired) electrons. The van der Waals surface area contributed by atoms with Gasteiger partial charge in [-0.3, -0.25) is 9.59 Å². The lowest BCUT2D eigenvalue weighted by atomic mass is 9.98. The zero-order valence-corrected chi connectivity index (χ0v) is 22.5. The molecule has 1 fully saturated rings. The van der Waals surface area contributed by atoms with E-state index in [4.69, 9.17) is 5.73 Å². The third-order valence-electron chi connectivity index (χ3n) is 7.29. The maximum atomic E-state index is 13.2. The minimum absolute atomic E-state index is 0.00303. The summed E-state index contributed by atoms with van der Waals surface area (Å²) in [6.07, 6.45) is 10.6. The van der Waals surface area contributed by atoms with Crippen molar-refractivity contribution >= 4 is 29.2 Å². The number of hydrogen-bond donors (Lipinski definition) is 3. The number of aromatic nitrogens is 1. The Hall–Kier alpha value is -4.44. The number of aliphatic imine (C=N–C) groups is 1. The van der Waals surface area contributed by atoms with Crippen molar-refractivity contribution < 1.29 is 9.59 Å². The van der Waals surface area contributed by atoms with Gasteiger partial charge in [0.25, 0.3) is 5.91 Å². The average Bonchev–Trinajstić information content (AvgIpc) is 3.54. The zero-order chi connectivity index (χ0) is 27.6. The van der Waals surface area contributed by atoms with Crippen molar-refractivity contribution in [2.45, 2.75) is 31.5 Å². The topological polar surface area (TPSA) is 119 Å². The van der Waals surface area contributed by atoms with E-state index in [0.717, 1.165) is 29.8 Å².